The molecule has 1 aliphatic rings. The summed E-state index contributed by atoms with van der Waals surface area (Å²) in [5.74, 6) is 1.56. The van der Waals surface area contributed by atoms with Gasteiger partial charge in [-0.15, -0.1) is 0 Å². The van der Waals surface area contributed by atoms with Gasteiger partial charge in [-0.1, -0.05) is 26.0 Å². The van der Waals surface area contributed by atoms with E-state index in [4.69, 9.17) is 5.73 Å². The van der Waals surface area contributed by atoms with Crippen LogP contribution in [-0.4, -0.2) is 19.1 Å². The lowest BCUT2D eigenvalue weighted by atomic mass is 9.85. The third-order valence-corrected chi connectivity index (χ3v) is 4.60. The molecule has 1 aromatic rings. The van der Waals surface area contributed by atoms with Crippen LogP contribution in [0.5, 0.6) is 0 Å². The normalized spacial score (nSPS) is 27.6. The Morgan fingerprint density at radius 1 is 1.26 bits per heavy atom. The SMILES string of the molecule is Cc1cc(CCN)ccc1N1CC(C)CC(C)C1C. The van der Waals surface area contributed by atoms with Crippen LogP contribution >= 0.6 is 0 Å². The van der Waals surface area contributed by atoms with E-state index in [1.807, 2.05) is 0 Å². The molecule has 0 bridgehead atoms. The first-order valence-electron chi connectivity index (χ1n) is 7.59. The molecule has 0 saturated carbocycles. The van der Waals surface area contributed by atoms with Crippen LogP contribution in [0.25, 0.3) is 0 Å². The van der Waals surface area contributed by atoms with E-state index in [2.05, 4.69) is 50.8 Å². The van der Waals surface area contributed by atoms with Crippen LogP contribution in [0.15, 0.2) is 18.2 Å². The molecule has 0 radical (unpaired) electrons. The van der Waals surface area contributed by atoms with E-state index in [1.54, 1.807) is 0 Å². The fraction of sp³-hybridized carbons (Fsp3) is 0.647. The summed E-state index contributed by atoms with van der Waals surface area (Å²) in [5, 5.41) is 0. The first kappa shape index (κ1) is 14.4. The molecular weight excluding hydrogens is 232 g/mol. The molecule has 1 aromatic carbocycles. The highest BCUT2D eigenvalue weighted by Gasteiger charge is 2.29. The fourth-order valence-electron chi connectivity index (χ4n) is 3.40. The molecule has 1 saturated heterocycles. The summed E-state index contributed by atoms with van der Waals surface area (Å²) in [6.45, 7) is 11.3. The Morgan fingerprint density at radius 2 is 2.00 bits per heavy atom. The van der Waals surface area contributed by atoms with E-state index < -0.39 is 0 Å². The van der Waals surface area contributed by atoms with E-state index in [0.29, 0.717) is 6.04 Å². The second kappa shape index (κ2) is 5.96. The zero-order chi connectivity index (χ0) is 14.0. The second-order valence-corrected chi connectivity index (χ2v) is 6.37. The molecule has 1 fully saturated rings. The number of benzene rings is 1. The monoisotopic (exact) mass is 260 g/mol. The summed E-state index contributed by atoms with van der Waals surface area (Å²) >= 11 is 0. The number of hydrogen-bond donors (Lipinski definition) is 1. The second-order valence-electron chi connectivity index (χ2n) is 6.37. The van der Waals surface area contributed by atoms with Gasteiger partial charge in [0.05, 0.1) is 0 Å². The van der Waals surface area contributed by atoms with Crippen molar-refractivity contribution < 1.29 is 0 Å². The fourth-order valence-corrected chi connectivity index (χ4v) is 3.40. The van der Waals surface area contributed by atoms with Crippen LogP contribution in [0.4, 0.5) is 5.69 Å². The number of piperidine rings is 1. The van der Waals surface area contributed by atoms with Crippen molar-refractivity contribution >= 4 is 5.69 Å². The smallest absolute Gasteiger partial charge is 0.0398 e. The molecule has 1 aliphatic heterocycles. The zero-order valence-corrected chi connectivity index (χ0v) is 12.8. The van der Waals surface area contributed by atoms with E-state index >= 15 is 0 Å². The summed E-state index contributed by atoms with van der Waals surface area (Å²) in [7, 11) is 0. The minimum Gasteiger partial charge on any atom is -0.368 e. The first-order chi connectivity index (χ1) is 9.02. The largest absolute Gasteiger partial charge is 0.368 e. The van der Waals surface area contributed by atoms with Gasteiger partial charge >= 0.3 is 0 Å². The Morgan fingerprint density at radius 3 is 2.63 bits per heavy atom. The van der Waals surface area contributed by atoms with Crippen molar-refractivity contribution in [1.82, 2.24) is 0 Å². The van der Waals surface area contributed by atoms with Gasteiger partial charge in [-0.2, -0.15) is 0 Å². The lowest BCUT2D eigenvalue weighted by Gasteiger charge is -2.43. The highest BCUT2D eigenvalue weighted by molar-refractivity contribution is 5.55. The number of nitrogens with zero attached hydrogens (tertiary/aromatic N) is 1. The van der Waals surface area contributed by atoms with Gasteiger partial charge in [0.15, 0.2) is 0 Å². The van der Waals surface area contributed by atoms with Gasteiger partial charge in [-0.25, -0.2) is 0 Å². The van der Waals surface area contributed by atoms with Gasteiger partial charge < -0.3 is 10.6 Å². The summed E-state index contributed by atoms with van der Waals surface area (Å²) in [4.78, 5) is 2.60. The number of hydrogen-bond acceptors (Lipinski definition) is 2. The Labute approximate surface area is 118 Å². The molecule has 2 N–H and O–H groups in total. The van der Waals surface area contributed by atoms with Gasteiger partial charge in [-0.3, -0.25) is 0 Å². The summed E-state index contributed by atoms with van der Waals surface area (Å²) in [5.41, 5.74) is 9.79. The van der Waals surface area contributed by atoms with E-state index in [0.717, 1.165) is 24.8 Å². The number of nitrogens with two attached hydrogens (primary N) is 1. The zero-order valence-electron chi connectivity index (χ0n) is 12.8. The van der Waals surface area contributed by atoms with Crippen molar-refractivity contribution in [3.63, 3.8) is 0 Å². The van der Waals surface area contributed by atoms with Crippen LogP contribution in [0.3, 0.4) is 0 Å². The molecule has 0 spiro atoms. The molecule has 19 heavy (non-hydrogen) atoms. The van der Waals surface area contributed by atoms with Crippen LogP contribution < -0.4 is 10.6 Å². The summed E-state index contributed by atoms with van der Waals surface area (Å²) in [6.07, 6.45) is 2.32. The van der Waals surface area contributed by atoms with Crippen LogP contribution in [0.2, 0.25) is 0 Å². The van der Waals surface area contributed by atoms with E-state index in [1.165, 1.54) is 29.8 Å². The first-order valence-corrected chi connectivity index (χ1v) is 7.59. The van der Waals surface area contributed by atoms with Gasteiger partial charge in [-0.05, 0) is 62.3 Å². The predicted molar refractivity (Wildman–Crippen MR) is 83.7 cm³/mol. The lowest BCUT2D eigenvalue weighted by molar-refractivity contribution is 0.297. The van der Waals surface area contributed by atoms with Gasteiger partial charge in [0.25, 0.3) is 0 Å². The van der Waals surface area contributed by atoms with Crippen LogP contribution in [0, 0.1) is 18.8 Å². The van der Waals surface area contributed by atoms with Crippen molar-refractivity contribution in [3.8, 4) is 0 Å². The summed E-state index contributed by atoms with van der Waals surface area (Å²) in [6, 6.07) is 7.47. The highest BCUT2D eigenvalue weighted by Crippen LogP contribution is 2.33. The maximum atomic E-state index is 5.64. The van der Waals surface area contributed by atoms with Crippen molar-refractivity contribution in [2.45, 2.75) is 46.6 Å². The number of aryl methyl sites for hydroxylation is 1. The highest BCUT2D eigenvalue weighted by atomic mass is 15.2. The summed E-state index contributed by atoms with van der Waals surface area (Å²) < 4.78 is 0. The predicted octanol–water partition coefficient (Wildman–Crippen LogP) is 3.37. The minimum absolute atomic E-state index is 0.634. The molecule has 0 aliphatic carbocycles. The average molecular weight is 260 g/mol. The molecule has 2 heteroatoms. The Balaban J connectivity index is 2.25. The number of rotatable bonds is 3. The standard InChI is InChI=1S/C17H28N2/c1-12-9-13(2)15(4)19(11-12)17-6-5-16(7-8-18)10-14(17)3/h5-6,10,12-13,15H,7-9,11,18H2,1-4H3. The van der Waals surface area contributed by atoms with Gasteiger partial charge in [0.2, 0.25) is 0 Å². The third-order valence-electron chi connectivity index (χ3n) is 4.60. The van der Waals surface area contributed by atoms with Crippen LogP contribution in [-0.2, 0) is 6.42 Å². The molecule has 2 nitrogen and oxygen atoms in total. The molecule has 2 rings (SSSR count). The molecule has 3 unspecified atom stereocenters. The lowest BCUT2D eigenvalue weighted by Crippen LogP contribution is -2.46. The molecule has 106 valence electrons. The van der Waals surface area contributed by atoms with Crippen molar-refractivity contribution in [3.05, 3.63) is 29.3 Å². The van der Waals surface area contributed by atoms with E-state index in [9.17, 15) is 0 Å². The molecular formula is C17H28N2. The molecule has 1 heterocycles. The van der Waals surface area contributed by atoms with Crippen LogP contribution in [0.1, 0.15) is 38.3 Å². The quantitative estimate of drug-likeness (QED) is 0.903. The maximum absolute atomic E-state index is 5.64. The van der Waals surface area contributed by atoms with E-state index in [-0.39, 0.29) is 0 Å². The van der Waals surface area contributed by atoms with Crippen molar-refractivity contribution in [2.75, 3.05) is 18.0 Å². The topological polar surface area (TPSA) is 29.3 Å². The van der Waals surface area contributed by atoms with Crippen molar-refractivity contribution in [1.29, 1.82) is 0 Å². The van der Waals surface area contributed by atoms with Gasteiger partial charge in [0.1, 0.15) is 0 Å². The molecule has 0 aromatic heterocycles. The Kier molecular flexibility index (Phi) is 4.51. The maximum Gasteiger partial charge on any atom is 0.0398 e. The Hall–Kier alpha value is -1.02. The Bertz CT molecular complexity index is 427. The minimum atomic E-state index is 0.634. The molecule has 3 atom stereocenters. The number of anilines is 1. The van der Waals surface area contributed by atoms with Gasteiger partial charge in [0, 0.05) is 18.3 Å². The van der Waals surface area contributed by atoms with Crippen molar-refractivity contribution in [2.24, 2.45) is 17.6 Å². The third kappa shape index (κ3) is 3.11. The average Bonchev–Trinajstić information content (AvgIpc) is 2.35. The molecule has 0 amide bonds.